The number of rotatable bonds is 13. The highest BCUT2D eigenvalue weighted by Crippen LogP contribution is 2.15. The number of nitrogens with zero attached hydrogens (tertiary/aromatic N) is 1. The summed E-state index contributed by atoms with van der Waals surface area (Å²) in [6.45, 7) is 2.18. The molecular formula is C26H36N2. The van der Waals surface area contributed by atoms with Crippen LogP contribution in [0.1, 0.15) is 81.2 Å². The van der Waals surface area contributed by atoms with Gasteiger partial charge in [-0.3, -0.25) is 0 Å². The van der Waals surface area contributed by atoms with Gasteiger partial charge < -0.3 is 4.98 Å². The van der Waals surface area contributed by atoms with E-state index >= 15 is 0 Å². The van der Waals surface area contributed by atoms with Gasteiger partial charge in [0.25, 0.3) is 0 Å². The number of hydrogen-bond donors (Lipinski definition) is 1. The topological polar surface area (TPSA) is 28.7 Å². The Balaban J connectivity index is 1.13. The molecule has 0 atom stereocenters. The largest absolute Gasteiger partial charge is 0.342 e. The fourth-order valence-electron chi connectivity index (χ4n) is 4.03. The molecule has 0 radical (unpaired) electrons. The van der Waals surface area contributed by atoms with Crippen molar-refractivity contribution < 1.29 is 0 Å². The Morgan fingerprint density at radius 1 is 0.679 bits per heavy atom. The van der Waals surface area contributed by atoms with E-state index in [9.17, 15) is 0 Å². The molecule has 3 aromatic rings. The zero-order valence-corrected chi connectivity index (χ0v) is 17.6. The molecular weight excluding hydrogens is 340 g/mol. The van der Waals surface area contributed by atoms with E-state index < -0.39 is 0 Å². The van der Waals surface area contributed by atoms with E-state index in [1.165, 1.54) is 81.8 Å². The van der Waals surface area contributed by atoms with Crippen molar-refractivity contribution in [2.75, 3.05) is 0 Å². The van der Waals surface area contributed by atoms with Crippen LogP contribution in [0.3, 0.4) is 0 Å². The van der Waals surface area contributed by atoms with Gasteiger partial charge in [0.15, 0.2) is 0 Å². The molecule has 0 saturated carbocycles. The van der Waals surface area contributed by atoms with E-state index in [0.29, 0.717) is 0 Å². The standard InChI is InChI=1S/C26H36N2/c1-22-15-14-17-23(21-22)16-10-8-6-4-2-3-5-7-9-11-20-26-27-24-18-12-13-19-25(24)28-26/h12-15,17-19,21H,2-11,16,20H2,1H3,(H,27,28). The fourth-order valence-corrected chi connectivity index (χ4v) is 4.03. The third kappa shape index (κ3) is 7.14. The predicted octanol–water partition coefficient (Wildman–Crippen LogP) is 7.56. The summed E-state index contributed by atoms with van der Waals surface area (Å²) in [6.07, 6.45) is 16.0. The Labute approximate surface area is 170 Å². The third-order valence-corrected chi connectivity index (χ3v) is 5.65. The fraction of sp³-hybridized carbons (Fsp3) is 0.500. The number of H-pyrrole nitrogens is 1. The first-order valence-electron chi connectivity index (χ1n) is 11.3. The number of imidazole rings is 1. The molecule has 0 unspecified atom stereocenters. The van der Waals surface area contributed by atoms with Crippen molar-refractivity contribution in [1.82, 2.24) is 9.97 Å². The lowest BCUT2D eigenvalue weighted by molar-refractivity contribution is 0.550. The highest BCUT2D eigenvalue weighted by molar-refractivity contribution is 5.74. The molecule has 1 N–H and O–H groups in total. The smallest absolute Gasteiger partial charge is 0.107 e. The SMILES string of the molecule is Cc1cccc(CCCCCCCCCCCCc2nc3ccccc3[nH]2)c1. The first-order chi connectivity index (χ1) is 13.8. The van der Waals surface area contributed by atoms with Crippen LogP contribution in [0.4, 0.5) is 0 Å². The van der Waals surface area contributed by atoms with Crippen molar-refractivity contribution in [3.63, 3.8) is 0 Å². The van der Waals surface area contributed by atoms with Crippen LogP contribution in [0, 0.1) is 6.92 Å². The van der Waals surface area contributed by atoms with Crippen LogP contribution in [0.25, 0.3) is 11.0 Å². The number of para-hydroxylation sites is 2. The normalized spacial score (nSPS) is 11.3. The maximum Gasteiger partial charge on any atom is 0.107 e. The first kappa shape index (κ1) is 20.6. The Morgan fingerprint density at radius 3 is 2.00 bits per heavy atom. The van der Waals surface area contributed by atoms with Gasteiger partial charge in [0, 0.05) is 6.42 Å². The van der Waals surface area contributed by atoms with Gasteiger partial charge in [0.2, 0.25) is 0 Å². The molecule has 1 heterocycles. The maximum absolute atomic E-state index is 4.66. The van der Waals surface area contributed by atoms with E-state index in [-0.39, 0.29) is 0 Å². The van der Waals surface area contributed by atoms with Crippen LogP contribution in [0.5, 0.6) is 0 Å². The van der Waals surface area contributed by atoms with Crippen molar-refractivity contribution in [1.29, 1.82) is 0 Å². The van der Waals surface area contributed by atoms with Crippen molar-refractivity contribution >= 4 is 11.0 Å². The molecule has 0 saturated heterocycles. The average Bonchev–Trinajstić information content (AvgIpc) is 3.12. The molecule has 0 spiro atoms. The average molecular weight is 377 g/mol. The number of hydrogen-bond acceptors (Lipinski definition) is 1. The molecule has 0 bridgehead atoms. The Morgan fingerprint density at radius 2 is 1.32 bits per heavy atom. The monoisotopic (exact) mass is 376 g/mol. The molecule has 0 aliphatic rings. The summed E-state index contributed by atoms with van der Waals surface area (Å²) in [5, 5.41) is 0. The molecule has 3 rings (SSSR count). The van der Waals surface area contributed by atoms with Crippen LogP contribution in [0.15, 0.2) is 48.5 Å². The highest BCUT2D eigenvalue weighted by Gasteiger charge is 2.01. The van der Waals surface area contributed by atoms with Crippen molar-refractivity contribution in [3.8, 4) is 0 Å². The van der Waals surface area contributed by atoms with Crippen molar-refractivity contribution in [3.05, 3.63) is 65.5 Å². The summed E-state index contributed by atoms with van der Waals surface area (Å²) < 4.78 is 0. The summed E-state index contributed by atoms with van der Waals surface area (Å²) in [7, 11) is 0. The van der Waals surface area contributed by atoms with Gasteiger partial charge in [-0.05, 0) is 43.9 Å². The van der Waals surface area contributed by atoms with Gasteiger partial charge in [-0.25, -0.2) is 4.98 Å². The van der Waals surface area contributed by atoms with Crippen LogP contribution < -0.4 is 0 Å². The first-order valence-corrected chi connectivity index (χ1v) is 11.3. The van der Waals surface area contributed by atoms with Gasteiger partial charge >= 0.3 is 0 Å². The van der Waals surface area contributed by atoms with Crippen LogP contribution in [0.2, 0.25) is 0 Å². The van der Waals surface area contributed by atoms with E-state index in [4.69, 9.17) is 0 Å². The molecule has 0 aliphatic carbocycles. The van der Waals surface area contributed by atoms with Crippen LogP contribution >= 0.6 is 0 Å². The molecule has 2 nitrogen and oxygen atoms in total. The summed E-state index contributed by atoms with van der Waals surface area (Å²) in [4.78, 5) is 8.10. The molecule has 1 aromatic heterocycles. The zero-order valence-electron chi connectivity index (χ0n) is 17.6. The lowest BCUT2D eigenvalue weighted by Gasteiger charge is -2.04. The minimum Gasteiger partial charge on any atom is -0.342 e. The number of aromatic nitrogens is 2. The predicted molar refractivity (Wildman–Crippen MR) is 121 cm³/mol. The second kappa shape index (κ2) is 11.7. The molecule has 0 fully saturated rings. The van der Waals surface area contributed by atoms with Gasteiger partial charge in [0.1, 0.15) is 5.82 Å². The number of unbranched alkanes of at least 4 members (excludes halogenated alkanes) is 9. The third-order valence-electron chi connectivity index (χ3n) is 5.65. The molecule has 0 amide bonds. The Hall–Kier alpha value is -2.09. The Bertz CT molecular complexity index is 785. The van der Waals surface area contributed by atoms with Gasteiger partial charge in [-0.2, -0.15) is 0 Å². The molecule has 28 heavy (non-hydrogen) atoms. The van der Waals surface area contributed by atoms with Gasteiger partial charge in [-0.1, -0.05) is 93.3 Å². The second-order valence-electron chi connectivity index (χ2n) is 8.23. The van der Waals surface area contributed by atoms with E-state index in [1.807, 2.05) is 0 Å². The summed E-state index contributed by atoms with van der Waals surface area (Å²) in [5.41, 5.74) is 5.14. The van der Waals surface area contributed by atoms with E-state index in [2.05, 4.69) is 65.4 Å². The molecule has 150 valence electrons. The summed E-state index contributed by atoms with van der Waals surface area (Å²) in [6, 6.07) is 17.3. The lowest BCUT2D eigenvalue weighted by Crippen LogP contribution is -1.89. The molecule has 2 heteroatoms. The highest BCUT2D eigenvalue weighted by atomic mass is 14.9. The van der Waals surface area contributed by atoms with Gasteiger partial charge in [0.05, 0.1) is 11.0 Å². The maximum atomic E-state index is 4.66. The zero-order chi connectivity index (χ0) is 19.4. The number of fused-ring (bicyclic) bond motifs is 1. The van der Waals surface area contributed by atoms with Crippen LogP contribution in [-0.2, 0) is 12.8 Å². The number of aromatic amines is 1. The lowest BCUT2D eigenvalue weighted by atomic mass is 10.0. The number of benzene rings is 2. The van der Waals surface area contributed by atoms with Gasteiger partial charge in [-0.15, -0.1) is 0 Å². The van der Waals surface area contributed by atoms with Crippen molar-refractivity contribution in [2.45, 2.75) is 84.0 Å². The minimum atomic E-state index is 1.08. The number of nitrogens with one attached hydrogen (secondary N) is 1. The Kier molecular flexibility index (Phi) is 8.61. The summed E-state index contributed by atoms with van der Waals surface area (Å²) in [5.74, 6) is 1.15. The quantitative estimate of drug-likeness (QED) is 0.306. The number of aryl methyl sites for hydroxylation is 3. The summed E-state index contributed by atoms with van der Waals surface area (Å²) >= 11 is 0. The minimum absolute atomic E-state index is 1.08. The van der Waals surface area contributed by atoms with Crippen molar-refractivity contribution in [2.24, 2.45) is 0 Å². The second-order valence-corrected chi connectivity index (χ2v) is 8.23. The molecule has 2 aromatic carbocycles. The molecule has 0 aliphatic heterocycles. The van der Waals surface area contributed by atoms with E-state index in [1.54, 1.807) is 0 Å². The van der Waals surface area contributed by atoms with Crippen LogP contribution in [-0.4, -0.2) is 9.97 Å². The van der Waals surface area contributed by atoms with E-state index in [0.717, 1.165) is 23.3 Å².